The minimum Gasteiger partial charge on any atom is -0.310 e. The summed E-state index contributed by atoms with van der Waals surface area (Å²) in [6.45, 7) is 2.88. The maximum atomic E-state index is 14.1. The Balaban J connectivity index is 1.62. The summed E-state index contributed by atoms with van der Waals surface area (Å²) in [5.41, 5.74) is 3.39. The van der Waals surface area contributed by atoms with E-state index in [9.17, 15) is 9.18 Å². The van der Waals surface area contributed by atoms with Crippen LogP contribution in [0.15, 0.2) is 35.3 Å². The normalized spacial score (nSPS) is 17.8. The van der Waals surface area contributed by atoms with E-state index >= 15 is 0 Å². The fourth-order valence-corrected chi connectivity index (χ4v) is 3.72. The van der Waals surface area contributed by atoms with Gasteiger partial charge in [-0.3, -0.25) is 9.30 Å². The molecule has 1 N–H and O–H groups in total. The lowest BCUT2D eigenvalue weighted by Gasteiger charge is -2.28. The summed E-state index contributed by atoms with van der Waals surface area (Å²) in [6.07, 6.45) is 5.11. The second-order valence-electron chi connectivity index (χ2n) is 7.12. The van der Waals surface area contributed by atoms with Gasteiger partial charge in [-0.25, -0.2) is 14.2 Å². The fourth-order valence-electron chi connectivity index (χ4n) is 3.72. The van der Waals surface area contributed by atoms with Gasteiger partial charge in [-0.1, -0.05) is 12.1 Å². The number of hydrogen-bond donors (Lipinski definition) is 1. The molecule has 2 aliphatic rings. The molecule has 0 radical (unpaired) electrons. The lowest BCUT2D eigenvalue weighted by atomic mass is 10.1. The van der Waals surface area contributed by atoms with E-state index < -0.39 is 0 Å². The monoisotopic (exact) mass is 338 g/mol. The van der Waals surface area contributed by atoms with Crippen molar-refractivity contribution in [2.24, 2.45) is 5.92 Å². The number of halogens is 1. The van der Waals surface area contributed by atoms with Gasteiger partial charge in [-0.2, -0.15) is 0 Å². The van der Waals surface area contributed by atoms with Gasteiger partial charge in [-0.05, 0) is 30.9 Å². The fraction of sp³-hybridized carbons (Fsp3) is 0.368. The van der Waals surface area contributed by atoms with Crippen molar-refractivity contribution in [1.82, 2.24) is 19.3 Å². The van der Waals surface area contributed by atoms with Crippen molar-refractivity contribution in [3.63, 3.8) is 0 Å². The molecule has 5 nitrogen and oxygen atoms in total. The van der Waals surface area contributed by atoms with Crippen LogP contribution < -0.4 is 5.69 Å². The van der Waals surface area contributed by atoms with Gasteiger partial charge in [-0.15, -0.1) is 0 Å². The van der Waals surface area contributed by atoms with Crippen LogP contribution in [0, 0.1) is 11.7 Å². The molecule has 0 saturated heterocycles. The standard InChI is InChI=1S/C19H19FN4O/c20-15-4-2-1-3-13(15)17-11-24-18(21-17)14-10-23(9-12-5-6-12)8-7-16(14)22-19(24)25/h1-4,11-12H,5-10H2,(H,22,25). The summed E-state index contributed by atoms with van der Waals surface area (Å²) < 4.78 is 15.6. The molecule has 3 heterocycles. The third-order valence-electron chi connectivity index (χ3n) is 5.24. The maximum Gasteiger partial charge on any atom is 0.331 e. The summed E-state index contributed by atoms with van der Waals surface area (Å²) in [5.74, 6) is 0.501. The van der Waals surface area contributed by atoms with E-state index in [0.29, 0.717) is 16.9 Å². The molecule has 5 rings (SSSR count). The van der Waals surface area contributed by atoms with Crippen molar-refractivity contribution in [2.75, 3.05) is 13.1 Å². The summed E-state index contributed by atoms with van der Waals surface area (Å²) in [5, 5.41) is 0. The highest BCUT2D eigenvalue weighted by molar-refractivity contribution is 5.65. The number of nitrogens with one attached hydrogen (secondary N) is 1. The van der Waals surface area contributed by atoms with Crippen molar-refractivity contribution < 1.29 is 4.39 Å². The van der Waals surface area contributed by atoms with Gasteiger partial charge in [0.05, 0.1) is 5.69 Å². The first kappa shape index (κ1) is 14.8. The number of benzene rings is 1. The van der Waals surface area contributed by atoms with Crippen LogP contribution in [0.2, 0.25) is 0 Å². The lowest BCUT2D eigenvalue weighted by molar-refractivity contribution is 0.242. The number of fused-ring (bicyclic) bond motifs is 3. The molecular formula is C19H19FN4O. The Bertz CT molecular complexity index is 1020. The molecule has 0 unspecified atom stereocenters. The Kier molecular flexibility index (Phi) is 3.28. The number of imidazole rings is 1. The van der Waals surface area contributed by atoms with E-state index in [-0.39, 0.29) is 11.5 Å². The van der Waals surface area contributed by atoms with Crippen molar-refractivity contribution in [3.05, 3.63) is 58.0 Å². The molecule has 1 fully saturated rings. The van der Waals surface area contributed by atoms with Gasteiger partial charge >= 0.3 is 5.69 Å². The molecule has 128 valence electrons. The molecule has 1 aliphatic carbocycles. The average molecular weight is 338 g/mol. The summed E-state index contributed by atoms with van der Waals surface area (Å²) in [7, 11) is 0. The van der Waals surface area contributed by atoms with Crippen LogP contribution >= 0.6 is 0 Å². The molecular weight excluding hydrogens is 319 g/mol. The SMILES string of the molecule is O=c1[nH]c2c(c3nc(-c4ccccc4F)cn13)CN(CC1CC1)CC2. The topological polar surface area (TPSA) is 53.4 Å². The van der Waals surface area contributed by atoms with Crippen LogP contribution in [-0.4, -0.2) is 32.4 Å². The largest absolute Gasteiger partial charge is 0.331 e. The quantitative estimate of drug-likeness (QED) is 0.799. The van der Waals surface area contributed by atoms with Crippen LogP contribution in [0.5, 0.6) is 0 Å². The van der Waals surface area contributed by atoms with Gasteiger partial charge in [0.25, 0.3) is 0 Å². The molecule has 0 amide bonds. The van der Waals surface area contributed by atoms with Crippen molar-refractivity contribution in [1.29, 1.82) is 0 Å². The predicted octanol–water partition coefficient (Wildman–Crippen LogP) is 2.60. The Morgan fingerprint density at radius 1 is 1.28 bits per heavy atom. The molecule has 0 spiro atoms. The average Bonchev–Trinajstić information content (AvgIpc) is 3.30. The maximum absolute atomic E-state index is 14.1. The van der Waals surface area contributed by atoms with Crippen molar-refractivity contribution in [3.8, 4) is 11.3 Å². The Morgan fingerprint density at radius 3 is 2.92 bits per heavy atom. The zero-order chi connectivity index (χ0) is 17.0. The van der Waals surface area contributed by atoms with E-state index in [4.69, 9.17) is 0 Å². The van der Waals surface area contributed by atoms with Gasteiger partial charge in [0.1, 0.15) is 11.5 Å². The lowest BCUT2D eigenvalue weighted by Crippen LogP contribution is -2.35. The second kappa shape index (κ2) is 5.52. The molecule has 1 aromatic carbocycles. The van der Waals surface area contributed by atoms with Gasteiger partial charge in [0.15, 0.2) is 0 Å². The Labute approximate surface area is 144 Å². The minimum atomic E-state index is -0.327. The first-order valence-corrected chi connectivity index (χ1v) is 8.79. The highest BCUT2D eigenvalue weighted by atomic mass is 19.1. The van der Waals surface area contributed by atoms with Crippen LogP contribution in [0.25, 0.3) is 16.9 Å². The van der Waals surface area contributed by atoms with E-state index in [1.165, 1.54) is 23.3 Å². The predicted molar refractivity (Wildman–Crippen MR) is 92.9 cm³/mol. The van der Waals surface area contributed by atoms with E-state index in [1.807, 2.05) is 0 Å². The summed E-state index contributed by atoms with van der Waals surface area (Å²) >= 11 is 0. The molecule has 3 aromatic rings. The molecule has 1 aliphatic heterocycles. The second-order valence-corrected chi connectivity index (χ2v) is 7.12. The first-order valence-electron chi connectivity index (χ1n) is 8.79. The summed E-state index contributed by atoms with van der Waals surface area (Å²) in [4.78, 5) is 22.5. The number of aromatic nitrogens is 3. The number of hydrogen-bond acceptors (Lipinski definition) is 3. The zero-order valence-corrected chi connectivity index (χ0v) is 13.8. The van der Waals surface area contributed by atoms with Crippen LogP contribution in [0.1, 0.15) is 24.1 Å². The van der Waals surface area contributed by atoms with E-state index in [1.54, 1.807) is 24.4 Å². The van der Waals surface area contributed by atoms with Crippen LogP contribution in [0.3, 0.4) is 0 Å². The molecule has 25 heavy (non-hydrogen) atoms. The Morgan fingerprint density at radius 2 is 2.12 bits per heavy atom. The highest BCUT2D eigenvalue weighted by Gasteiger charge is 2.28. The molecule has 6 heteroatoms. The first-order chi connectivity index (χ1) is 12.2. The number of nitrogens with zero attached hydrogens (tertiary/aromatic N) is 3. The molecule has 2 aromatic heterocycles. The van der Waals surface area contributed by atoms with Crippen molar-refractivity contribution in [2.45, 2.75) is 25.8 Å². The van der Waals surface area contributed by atoms with Crippen molar-refractivity contribution >= 4 is 5.65 Å². The van der Waals surface area contributed by atoms with E-state index in [0.717, 1.165) is 43.2 Å². The highest BCUT2D eigenvalue weighted by Crippen LogP contribution is 2.32. The zero-order valence-electron chi connectivity index (χ0n) is 13.8. The number of rotatable bonds is 3. The molecule has 1 saturated carbocycles. The molecule has 0 atom stereocenters. The third-order valence-corrected chi connectivity index (χ3v) is 5.24. The van der Waals surface area contributed by atoms with E-state index in [2.05, 4.69) is 14.9 Å². The van der Waals surface area contributed by atoms with Gasteiger partial charge in [0, 0.05) is 49.1 Å². The van der Waals surface area contributed by atoms with Crippen LogP contribution in [-0.2, 0) is 13.0 Å². The number of H-pyrrole nitrogens is 1. The van der Waals surface area contributed by atoms with Crippen LogP contribution in [0.4, 0.5) is 4.39 Å². The third kappa shape index (κ3) is 2.57. The summed E-state index contributed by atoms with van der Waals surface area (Å²) in [6, 6.07) is 6.53. The Hall–Kier alpha value is -2.47. The number of aromatic amines is 1. The minimum absolute atomic E-state index is 0.209. The molecule has 0 bridgehead atoms. The van der Waals surface area contributed by atoms with Gasteiger partial charge < -0.3 is 4.98 Å². The smallest absolute Gasteiger partial charge is 0.310 e. The van der Waals surface area contributed by atoms with Gasteiger partial charge in [0.2, 0.25) is 0 Å².